The highest BCUT2D eigenvalue weighted by Gasteiger charge is 2.09. The predicted octanol–water partition coefficient (Wildman–Crippen LogP) is 2.55. The summed E-state index contributed by atoms with van der Waals surface area (Å²) in [5, 5.41) is 4.15. The van der Waals surface area contributed by atoms with E-state index in [9.17, 15) is 4.39 Å². The van der Waals surface area contributed by atoms with Crippen LogP contribution < -0.4 is 11.1 Å². The fourth-order valence-corrected chi connectivity index (χ4v) is 2.09. The minimum atomic E-state index is -0.234. The summed E-state index contributed by atoms with van der Waals surface area (Å²) in [6, 6.07) is 4.76. The molecule has 0 atom stereocenters. The van der Waals surface area contributed by atoms with Crippen molar-refractivity contribution >= 4 is 16.9 Å². The molecule has 0 saturated carbocycles. The third kappa shape index (κ3) is 3.73. The molecule has 1 aromatic heterocycles. The molecular formula is C15H21FN4. The normalized spacial score (nSPS) is 12.9. The number of aliphatic imine (C=N–C) groups is 1. The predicted molar refractivity (Wildman–Crippen MR) is 81.3 cm³/mol. The number of fused-ring (bicyclic) bond motifs is 1. The first-order valence-corrected chi connectivity index (χ1v) is 6.69. The van der Waals surface area contributed by atoms with Crippen molar-refractivity contribution in [3.63, 3.8) is 0 Å². The maximum Gasteiger partial charge on any atom is 0.188 e. The summed E-state index contributed by atoms with van der Waals surface area (Å²) in [6.45, 7) is 6.69. The van der Waals surface area contributed by atoms with Gasteiger partial charge in [0.1, 0.15) is 5.82 Å². The van der Waals surface area contributed by atoms with E-state index in [1.807, 2.05) is 27.0 Å². The Morgan fingerprint density at radius 1 is 1.40 bits per heavy atom. The summed E-state index contributed by atoms with van der Waals surface area (Å²) in [5.74, 6) is 0.214. The van der Waals surface area contributed by atoms with Crippen molar-refractivity contribution in [3.05, 3.63) is 35.8 Å². The van der Waals surface area contributed by atoms with Gasteiger partial charge < -0.3 is 16.0 Å². The molecule has 4 nitrogen and oxygen atoms in total. The standard InChI is InChI=1S/C15H21FN4/c1-15(2,3)20-14(17)18-7-6-10-9-19-13-8-11(16)4-5-12(10)13/h4-5,8-9,19H,6-7H2,1-3H3,(H3,17,18,20). The van der Waals surface area contributed by atoms with Crippen molar-refractivity contribution in [2.75, 3.05) is 6.54 Å². The topological polar surface area (TPSA) is 66.2 Å². The van der Waals surface area contributed by atoms with Crippen molar-refractivity contribution < 1.29 is 4.39 Å². The van der Waals surface area contributed by atoms with Gasteiger partial charge in [-0.3, -0.25) is 4.99 Å². The average Bonchev–Trinajstić information content (AvgIpc) is 2.69. The van der Waals surface area contributed by atoms with Crippen molar-refractivity contribution in [1.29, 1.82) is 0 Å². The largest absolute Gasteiger partial charge is 0.370 e. The average molecular weight is 276 g/mol. The van der Waals surface area contributed by atoms with Crippen LogP contribution in [0.2, 0.25) is 0 Å². The Morgan fingerprint density at radius 3 is 2.85 bits per heavy atom. The van der Waals surface area contributed by atoms with Gasteiger partial charge in [-0.05, 0) is 51.0 Å². The van der Waals surface area contributed by atoms with E-state index in [4.69, 9.17) is 5.73 Å². The lowest BCUT2D eigenvalue weighted by molar-refractivity contribution is 0.508. The van der Waals surface area contributed by atoms with Crippen LogP contribution in [-0.2, 0) is 6.42 Å². The third-order valence-electron chi connectivity index (χ3n) is 2.90. The van der Waals surface area contributed by atoms with E-state index in [0.717, 1.165) is 22.9 Å². The van der Waals surface area contributed by atoms with Crippen molar-refractivity contribution in [1.82, 2.24) is 10.3 Å². The maximum atomic E-state index is 13.1. The zero-order chi connectivity index (χ0) is 14.8. The van der Waals surface area contributed by atoms with Crippen molar-refractivity contribution in [3.8, 4) is 0 Å². The molecule has 0 bridgehead atoms. The Labute approximate surface area is 118 Å². The summed E-state index contributed by atoms with van der Waals surface area (Å²) in [7, 11) is 0. The first kappa shape index (κ1) is 14.4. The van der Waals surface area contributed by atoms with Gasteiger partial charge in [0.25, 0.3) is 0 Å². The number of rotatable bonds is 3. The molecule has 0 radical (unpaired) electrons. The second kappa shape index (κ2) is 5.53. The van der Waals surface area contributed by atoms with Gasteiger partial charge in [-0.1, -0.05) is 0 Å². The summed E-state index contributed by atoms with van der Waals surface area (Å²) in [6.07, 6.45) is 2.66. The van der Waals surface area contributed by atoms with Gasteiger partial charge in [0.05, 0.1) is 0 Å². The van der Waals surface area contributed by atoms with E-state index in [1.165, 1.54) is 12.1 Å². The summed E-state index contributed by atoms with van der Waals surface area (Å²) in [5.41, 5.74) is 7.65. The molecule has 2 rings (SSSR count). The van der Waals surface area contributed by atoms with Gasteiger partial charge >= 0.3 is 0 Å². The van der Waals surface area contributed by atoms with Crippen molar-refractivity contribution in [2.45, 2.75) is 32.7 Å². The molecule has 0 spiro atoms. The molecule has 0 fully saturated rings. The van der Waals surface area contributed by atoms with Crippen LogP contribution in [0.25, 0.3) is 10.9 Å². The molecule has 1 aromatic carbocycles. The molecular weight excluding hydrogens is 255 g/mol. The molecule has 4 N–H and O–H groups in total. The molecule has 0 aliphatic heterocycles. The number of H-pyrrole nitrogens is 1. The van der Waals surface area contributed by atoms with Crippen LogP contribution >= 0.6 is 0 Å². The molecule has 108 valence electrons. The number of benzene rings is 1. The highest BCUT2D eigenvalue weighted by atomic mass is 19.1. The molecule has 0 aliphatic rings. The van der Waals surface area contributed by atoms with Crippen LogP contribution in [0.3, 0.4) is 0 Å². The van der Waals surface area contributed by atoms with Gasteiger partial charge in [-0.25, -0.2) is 4.39 Å². The molecule has 20 heavy (non-hydrogen) atoms. The summed E-state index contributed by atoms with van der Waals surface area (Å²) >= 11 is 0. The maximum absolute atomic E-state index is 13.1. The van der Waals surface area contributed by atoms with E-state index in [1.54, 1.807) is 6.07 Å². The lowest BCUT2D eigenvalue weighted by atomic mass is 10.1. The Morgan fingerprint density at radius 2 is 2.15 bits per heavy atom. The number of aromatic amines is 1. The van der Waals surface area contributed by atoms with Crippen LogP contribution in [0.5, 0.6) is 0 Å². The number of aromatic nitrogens is 1. The fourth-order valence-electron chi connectivity index (χ4n) is 2.09. The smallest absolute Gasteiger partial charge is 0.188 e. The number of nitrogens with one attached hydrogen (secondary N) is 2. The SMILES string of the molecule is CC(C)(C)NC(N)=NCCc1c[nH]c2cc(F)ccc12. The van der Waals surface area contributed by atoms with E-state index in [-0.39, 0.29) is 11.4 Å². The van der Waals surface area contributed by atoms with Crippen LogP contribution in [-0.4, -0.2) is 23.0 Å². The van der Waals surface area contributed by atoms with Gasteiger partial charge in [0.15, 0.2) is 5.96 Å². The molecule has 5 heteroatoms. The van der Waals surface area contributed by atoms with Gasteiger partial charge in [-0.2, -0.15) is 0 Å². The molecule has 0 aliphatic carbocycles. The zero-order valence-electron chi connectivity index (χ0n) is 12.1. The van der Waals surface area contributed by atoms with Gasteiger partial charge in [-0.15, -0.1) is 0 Å². The minimum Gasteiger partial charge on any atom is -0.370 e. The molecule has 2 aromatic rings. The first-order valence-electron chi connectivity index (χ1n) is 6.69. The van der Waals surface area contributed by atoms with E-state index < -0.39 is 0 Å². The van der Waals surface area contributed by atoms with Gasteiger partial charge in [0.2, 0.25) is 0 Å². The highest BCUT2D eigenvalue weighted by Crippen LogP contribution is 2.19. The lowest BCUT2D eigenvalue weighted by Crippen LogP contribution is -2.45. The number of halogens is 1. The fraction of sp³-hybridized carbons (Fsp3) is 0.400. The number of hydrogen-bond donors (Lipinski definition) is 3. The quantitative estimate of drug-likeness (QED) is 0.596. The van der Waals surface area contributed by atoms with E-state index in [2.05, 4.69) is 15.3 Å². The Kier molecular flexibility index (Phi) is 3.97. The number of nitrogens with zero attached hydrogens (tertiary/aromatic N) is 1. The lowest BCUT2D eigenvalue weighted by Gasteiger charge is -2.20. The summed E-state index contributed by atoms with van der Waals surface area (Å²) in [4.78, 5) is 7.37. The summed E-state index contributed by atoms with van der Waals surface area (Å²) < 4.78 is 13.1. The van der Waals surface area contributed by atoms with Gasteiger partial charge in [0, 0.05) is 29.2 Å². The van der Waals surface area contributed by atoms with E-state index >= 15 is 0 Å². The van der Waals surface area contributed by atoms with Crippen LogP contribution in [0.4, 0.5) is 4.39 Å². The minimum absolute atomic E-state index is 0.0914. The number of nitrogens with two attached hydrogens (primary N) is 1. The van der Waals surface area contributed by atoms with Crippen LogP contribution in [0, 0.1) is 5.82 Å². The van der Waals surface area contributed by atoms with Crippen molar-refractivity contribution in [2.24, 2.45) is 10.7 Å². The number of guanidine groups is 1. The number of hydrogen-bond acceptors (Lipinski definition) is 1. The molecule has 0 saturated heterocycles. The van der Waals surface area contributed by atoms with Crippen LogP contribution in [0.15, 0.2) is 29.4 Å². The second-order valence-corrected chi connectivity index (χ2v) is 5.90. The second-order valence-electron chi connectivity index (χ2n) is 5.90. The molecule has 0 amide bonds. The monoisotopic (exact) mass is 276 g/mol. The Bertz CT molecular complexity index is 622. The van der Waals surface area contributed by atoms with E-state index in [0.29, 0.717) is 12.5 Å². The Hall–Kier alpha value is -2.04. The molecule has 1 heterocycles. The Balaban J connectivity index is 2.01. The van der Waals surface area contributed by atoms with Crippen LogP contribution in [0.1, 0.15) is 26.3 Å². The zero-order valence-corrected chi connectivity index (χ0v) is 12.1. The highest BCUT2D eigenvalue weighted by molar-refractivity contribution is 5.83. The molecule has 0 unspecified atom stereocenters. The third-order valence-corrected chi connectivity index (χ3v) is 2.90. The first-order chi connectivity index (χ1) is 9.35.